The molecule has 2 rings (SSSR count). The first-order valence-electron chi connectivity index (χ1n) is 8.95. The molecule has 0 aromatic heterocycles. The number of aliphatic hydroxyl groups excluding tert-OH is 1. The number of rotatable bonds is 8. The Morgan fingerprint density at radius 1 is 1.42 bits per heavy atom. The van der Waals surface area contributed by atoms with Crippen molar-refractivity contribution in [1.29, 1.82) is 0 Å². The van der Waals surface area contributed by atoms with Gasteiger partial charge in [-0.1, -0.05) is 18.6 Å². The third-order valence-corrected chi connectivity index (χ3v) is 4.77. The molecule has 0 saturated carbocycles. The minimum atomic E-state index is -1.15. The Morgan fingerprint density at radius 3 is 3.00 bits per heavy atom. The normalized spacial score (nSPS) is 19.7. The molecular formula is C19H30N2O3. The molecule has 1 amide bonds. The van der Waals surface area contributed by atoms with Crippen LogP contribution in [0.2, 0.25) is 0 Å². The lowest BCUT2D eigenvalue weighted by molar-refractivity contribution is -0.129. The molecule has 2 N–H and O–H groups in total. The molecule has 1 saturated heterocycles. The van der Waals surface area contributed by atoms with E-state index in [1.807, 2.05) is 0 Å². The summed E-state index contributed by atoms with van der Waals surface area (Å²) in [7, 11) is 1.56. The highest BCUT2D eigenvalue weighted by atomic mass is 16.5. The van der Waals surface area contributed by atoms with Gasteiger partial charge in [-0.2, -0.15) is 0 Å². The molecule has 5 nitrogen and oxygen atoms in total. The van der Waals surface area contributed by atoms with E-state index in [1.165, 1.54) is 25.8 Å². The smallest absolute Gasteiger partial charge is 0.253 e. The predicted molar refractivity (Wildman–Crippen MR) is 95.1 cm³/mol. The van der Waals surface area contributed by atoms with Gasteiger partial charge < -0.3 is 20.1 Å². The molecule has 1 aliphatic rings. The number of hydrogen-bond donors (Lipinski definition) is 2. The van der Waals surface area contributed by atoms with Crippen LogP contribution in [0.25, 0.3) is 0 Å². The first-order valence-corrected chi connectivity index (χ1v) is 8.95. The van der Waals surface area contributed by atoms with E-state index in [9.17, 15) is 9.90 Å². The second kappa shape index (κ2) is 9.64. The molecule has 0 bridgehead atoms. The lowest BCUT2D eigenvalue weighted by atomic mass is 10.0. The number of carbonyl (C=O) groups is 1. The summed E-state index contributed by atoms with van der Waals surface area (Å²) in [6.45, 7) is 5.19. The Labute approximate surface area is 145 Å². The van der Waals surface area contributed by atoms with Crippen molar-refractivity contribution in [2.24, 2.45) is 0 Å². The van der Waals surface area contributed by atoms with Crippen molar-refractivity contribution in [3.05, 3.63) is 29.8 Å². The van der Waals surface area contributed by atoms with Crippen LogP contribution >= 0.6 is 0 Å². The maximum atomic E-state index is 12.0. The summed E-state index contributed by atoms with van der Waals surface area (Å²) in [6, 6.07) is 7.65. The number of benzene rings is 1. The number of hydrogen-bond acceptors (Lipinski definition) is 4. The van der Waals surface area contributed by atoms with Crippen LogP contribution in [0.1, 0.15) is 50.7 Å². The van der Waals surface area contributed by atoms with Crippen molar-refractivity contribution in [3.63, 3.8) is 0 Å². The number of likely N-dealkylation sites (tertiary alicyclic amines) is 1. The van der Waals surface area contributed by atoms with E-state index >= 15 is 0 Å². The summed E-state index contributed by atoms with van der Waals surface area (Å²) >= 11 is 0. The van der Waals surface area contributed by atoms with Crippen molar-refractivity contribution >= 4 is 5.91 Å². The van der Waals surface area contributed by atoms with E-state index in [4.69, 9.17) is 4.74 Å². The SMILES string of the molecule is COc1cccc(C(O)C(=O)NCCCCN2CCCCC2C)c1. The zero-order valence-electron chi connectivity index (χ0n) is 14.8. The molecule has 1 aliphatic heterocycles. The van der Waals surface area contributed by atoms with Crippen LogP contribution in [0.4, 0.5) is 0 Å². The van der Waals surface area contributed by atoms with Crippen molar-refractivity contribution < 1.29 is 14.6 Å². The number of piperidine rings is 1. The monoisotopic (exact) mass is 334 g/mol. The van der Waals surface area contributed by atoms with Gasteiger partial charge in [-0.25, -0.2) is 0 Å². The van der Waals surface area contributed by atoms with Crippen LogP contribution in [-0.4, -0.2) is 48.7 Å². The molecule has 0 radical (unpaired) electrons. The Balaban J connectivity index is 1.67. The number of nitrogens with zero attached hydrogens (tertiary/aromatic N) is 1. The molecule has 1 aromatic rings. The van der Waals surface area contributed by atoms with E-state index in [-0.39, 0.29) is 5.91 Å². The second-order valence-electron chi connectivity index (χ2n) is 6.56. The summed E-state index contributed by atoms with van der Waals surface area (Å²) < 4.78 is 5.12. The fourth-order valence-electron chi connectivity index (χ4n) is 3.20. The molecule has 1 heterocycles. The average Bonchev–Trinajstić information content (AvgIpc) is 2.62. The Kier molecular flexibility index (Phi) is 7.53. The van der Waals surface area contributed by atoms with E-state index in [1.54, 1.807) is 31.4 Å². The van der Waals surface area contributed by atoms with Gasteiger partial charge in [-0.15, -0.1) is 0 Å². The number of methoxy groups -OCH3 is 1. The quantitative estimate of drug-likeness (QED) is 0.717. The van der Waals surface area contributed by atoms with Gasteiger partial charge >= 0.3 is 0 Å². The molecule has 1 fully saturated rings. The summed E-state index contributed by atoms with van der Waals surface area (Å²) in [5, 5.41) is 12.9. The lowest BCUT2D eigenvalue weighted by Gasteiger charge is -2.33. The van der Waals surface area contributed by atoms with E-state index in [2.05, 4.69) is 17.1 Å². The third kappa shape index (κ3) is 5.49. The van der Waals surface area contributed by atoms with Gasteiger partial charge in [0.15, 0.2) is 6.10 Å². The lowest BCUT2D eigenvalue weighted by Crippen LogP contribution is -2.38. The van der Waals surface area contributed by atoms with E-state index in [0.717, 1.165) is 19.4 Å². The first kappa shape index (κ1) is 18.7. The Hall–Kier alpha value is -1.59. The van der Waals surface area contributed by atoms with Crippen LogP contribution in [0.15, 0.2) is 24.3 Å². The number of unbranched alkanes of at least 4 members (excludes halogenated alkanes) is 1. The summed E-state index contributed by atoms with van der Waals surface area (Å²) in [6.07, 6.45) is 4.79. The zero-order chi connectivity index (χ0) is 17.4. The first-order chi connectivity index (χ1) is 11.6. The molecule has 2 atom stereocenters. The van der Waals surface area contributed by atoms with Gasteiger partial charge in [0.05, 0.1) is 7.11 Å². The minimum Gasteiger partial charge on any atom is -0.497 e. The van der Waals surface area contributed by atoms with Gasteiger partial charge in [0.25, 0.3) is 5.91 Å². The second-order valence-corrected chi connectivity index (χ2v) is 6.56. The van der Waals surface area contributed by atoms with E-state index < -0.39 is 6.10 Å². The molecule has 0 aliphatic carbocycles. The van der Waals surface area contributed by atoms with Gasteiger partial charge in [0.2, 0.25) is 0 Å². The maximum absolute atomic E-state index is 12.0. The summed E-state index contributed by atoms with van der Waals surface area (Å²) in [5.74, 6) is 0.282. The van der Waals surface area contributed by atoms with Crippen molar-refractivity contribution in [2.75, 3.05) is 26.7 Å². The van der Waals surface area contributed by atoms with Gasteiger partial charge in [0, 0.05) is 12.6 Å². The van der Waals surface area contributed by atoms with Gasteiger partial charge in [0.1, 0.15) is 5.75 Å². The van der Waals surface area contributed by atoms with Crippen LogP contribution in [-0.2, 0) is 4.79 Å². The van der Waals surface area contributed by atoms with Gasteiger partial charge in [-0.05, 0) is 63.4 Å². The van der Waals surface area contributed by atoms with E-state index in [0.29, 0.717) is 23.9 Å². The van der Waals surface area contributed by atoms with Crippen LogP contribution < -0.4 is 10.1 Å². The fraction of sp³-hybridized carbons (Fsp3) is 0.632. The number of nitrogens with one attached hydrogen (secondary N) is 1. The zero-order valence-corrected chi connectivity index (χ0v) is 14.8. The summed E-state index contributed by atoms with van der Waals surface area (Å²) in [4.78, 5) is 14.6. The molecule has 2 unspecified atom stereocenters. The standard InChI is InChI=1S/C19H30N2O3/c1-15-8-3-5-12-21(15)13-6-4-11-20-19(23)18(22)16-9-7-10-17(14-16)24-2/h7,9-10,14-15,18,22H,3-6,8,11-13H2,1-2H3,(H,20,23). The Bertz CT molecular complexity index is 521. The largest absolute Gasteiger partial charge is 0.497 e. The highest BCUT2D eigenvalue weighted by Crippen LogP contribution is 2.19. The predicted octanol–water partition coefficient (Wildman–Crippen LogP) is 2.50. The number of ether oxygens (including phenoxy) is 1. The number of carbonyl (C=O) groups excluding carboxylic acids is 1. The molecule has 1 aromatic carbocycles. The fourth-order valence-corrected chi connectivity index (χ4v) is 3.20. The molecule has 0 spiro atoms. The maximum Gasteiger partial charge on any atom is 0.253 e. The average molecular weight is 334 g/mol. The summed E-state index contributed by atoms with van der Waals surface area (Å²) in [5.41, 5.74) is 0.550. The van der Waals surface area contributed by atoms with Crippen LogP contribution in [0, 0.1) is 0 Å². The molecule has 24 heavy (non-hydrogen) atoms. The van der Waals surface area contributed by atoms with Crippen LogP contribution in [0.5, 0.6) is 5.75 Å². The van der Waals surface area contributed by atoms with Crippen molar-refractivity contribution in [3.8, 4) is 5.75 Å². The molecular weight excluding hydrogens is 304 g/mol. The highest BCUT2D eigenvalue weighted by molar-refractivity contribution is 5.81. The van der Waals surface area contributed by atoms with Crippen molar-refractivity contribution in [2.45, 2.75) is 51.2 Å². The molecule has 5 heteroatoms. The number of aliphatic hydroxyl groups is 1. The van der Waals surface area contributed by atoms with Crippen LogP contribution in [0.3, 0.4) is 0 Å². The topological polar surface area (TPSA) is 61.8 Å². The van der Waals surface area contributed by atoms with Crippen molar-refractivity contribution in [1.82, 2.24) is 10.2 Å². The minimum absolute atomic E-state index is 0.352. The number of amides is 1. The highest BCUT2D eigenvalue weighted by Gasteiger charge is 2.18. The molecule has 134 valence electrons. The Morgan fingerprint density at radius 2 is 2.25 bits per heavy atom. The van der Waals surface area contributed by atoms with Gasteiger partial charge in [-0.3, -0.25) is 4.79 Å². The third-order valence-electron chi connectivity index (χ3n) is 4.77.